The van der Waals surface area contributed by atoms with Crippen molar-refractivity contribution in [3.63, 3.8) is 0 Å². The van der Waals surface area contributed by atoms with Crippen LogP contribution in [0.4, 0.5) is 0 Å². The number of aryl methyl sites for hydroxylation is 1. The molecule has 11 nitrogen and oxygen atoms in total. The Morgan fingerprint density at radius 3 is 2.23 bits per heavy atom. The maximum absolute atomic E-state index is 12.3. The molecule has 0 aliphatic rings. The Kier molecular flexibility index (Phi) is 9.92. The average molecular weight is 442 g/mol. The van der Waals surface area contributed by atoms with Gasteiger partial charge >= 0.3 is 0 Å². The monoisotopic (exact) mass is 441 g/mol. The van der Waals surface area contributed by atoms with Crippen LogP contribution in [0.2, 0.25) is 0 Å². The van der Waals surface area contributed by atoms with Crippen LogP contribution < -0.4 is 26.4 Å². The summed E-state index contributed by atoms with van der Waals surface area (Å²) in [7, 11) is -3.75. The van der Waals surface area contributed by atoms with E-state index in [1.54, 1.807) is 12.1 Å². The molecule has 30 heavy (non-hydrogen) atoms. The number of nitrogens with two attached hydrogens (primary N) is 1. The Morgan fingerprint density at radius 1 is 1.03 bits per heavy atom. The van der Waals surface area contributed by atoms with Gasteiger partial charge < -0.3 is 21.7 Å². The van der Waals surface area contributed by atoms with Crippen molar-refractivity contribution in [3.8, 4) is 0 Å². The fraction of sp³-hybridized carbons (Fsp3) is 0.444. The Labute approximate surface area is 175 Å². The number of hydrogen-bond acceptors (Lipinski definition) is 6. The second-order valence-electron chi connectivity index (χ2n) is 6.54. The Hall–Kier alpha value is -2.99. The summed E-state index contributed by atoms with van der Waals surface area (Å²) >= 11 is 0. The van der Waals surface area contributed by atoms with E-state index in [9.17, 15) is 27.6 Å². The van der Waals surface area contributed by atoms with Crippen LogP contribution in [0.5, 0.6) is 0 Å². The van der Waals surface area contributed by atoms with E-state index in [4.69, 9.17) is 5.73 Å². The van der Waals surface area contributed by atoms with Gasteiger partial charge in [-0.3, -0.25) is 19.2 Å². The molecule has 1 atom stereocenters. The largest absolute Gasteiger partial charge is 0.368 e. The highest BCUT2D eigenvalue weighted by Crippen LogP contribution is 2.09. The first-order valence-electron chi connectivity index (χ1n) is 9.17. The lowest BCUT2D eigenvalue weighted by molar-refractivity contribution is -0.128. The van der Waals surface area contributed by atoms with Crippen molar-refractivity contribution in [2.45, 2.75) is 37.6 Å². The van der Waals surface area contributed by atoms with Crippen molar-refractivity contribution in [2.24, 2.45) is 5.73 Å². The Morgan fingerprint density at radius 2 is 1.67 bits per heavy atom. The number of rotatable bonds is 12. The molecular formula is C18H27N5O6S. The van der Waals surface area contributed by atoms with Crippen LogP contribution in [0.3, 0.4) is 0 Å². The number of amides is 4. The van der Waals surface area contributed by atoms with E-state index in [-0.39, 0.29) is 37.4 Å². The lowest BCUT2D eigenvalue weighted by atomic mass is 10.2. The van der Waals surface area contributed by atoms with E-state index in [2.05, 4.69) is 20.7 Å². The first-order chi connectivity index (χ1) is 14.0. The maximum Gasteiger partial charge on any atom is 0.242 e. The number of benzene rings is 1. The van der Waals surface area contributed by atoms with Gasteiger partial charge in [-0.2, -0.15) is 0 Å². The molecule has 0 saturated carbocycles. The van der Waals surface area contributed by atoms with Crippen molar-refractivity contribution in [1.29, 1.82) is 0 Å². The van der Waals surface area contributed by atoms with Crippen molar-refractivity contribution in [2.75, 3.05) is 19.6 Å². The Balaban J connectivity index is 2.55. The summed E-state index contributed by atoms with van der Waals surface area (Å²) in [5.74, 6) is -2.19. The normalized spacial score (nSPS) is 11.9. The number of carbonyl (C=O) groups is 4. The van der Waals surface area contributed by atoms with E-state index < -0.39 is 39.7 Å². The summed E-state index contributed by atoms with van der Waals surface area (Å²) in [6, 6.07) is 5.29. The summed E-state index contributed by atoms with van der Waals surface area (Å²) in [4.78, 5) is 45.8. The number of nitrogens with one attached hydrogen (secondary N) is 4. The third-order valence-corrected chi connectivity index (χ3v) is 5.34. The highest BCUT2D eigenvalue weighted by atomic mass is 32.2. The minimum atomic E-state index is -3.75. The van der Waals surface area contributed by atoms with Gasteiger partial charge in [-0.15, -0.1) is 0 Å². The van der Waals surface area contributed by atoms with Gasteiger partial charge in [0.1, 0.15) is 6.04 Å². The van der Waals surface area contributed by atoms with Crippen molar-refractivity contribution in [3.05, 3.63) is 29.8 Å². The van der Waals surface area contributed by atoms with E-state index in [1.165, 1.54) is 19.1 Å². The van der Waals surface area contributed by atoms with Gasteiger partial charge in [0.05, 0.1) is 11.4 Å². The van der Waals surface area contributed by atoms with Crippen molar-refractivity contribution >= 4 is 33.7 Å². The molecule has 0 aromatic heterocycles. The lowest BCUT2D eigenvalue weighted by Crippen LogP contribution is -2.48. The zero-order chi connectivity index (χ0) is 22.7. The first-order valence-corrected chi connectivity index (χ1v) is 10.7. The molecule has 0 saturated heterocycles. The van der Waals surface area contributed by atoms with Gasteiger partial charge in [0, 0.05) is 26.4 Å². The van der Waals surface area contributed by atoms with Gasteiger partial charge in [0.2, 0.25) is 33.7 Å². The molecule has 0 fully saturated rings. The third kappa shape index (κ3) is 9.47. The molecule has 0 heterocycles. The number of sulfonamides is 1. The molecular weight excluding hydrogens is 414 g/mol. The van der Waals surface area contributed by atoms with Crippen LogP contribution in [0.25, 0.3) is 0 Å². The molecule has 6 N–H and O–H groups in total. The molecule has 166 valence electrons. The predicted octanol–water partition coefficient (Wildman–Crippen LogP) is -1.72. The molecule has 0 aliphatic heterocycles. The topological polar surface area (TPSA) is 177 Å². The summed E-state index contributed by atoms with van der Waals surface area (Å²) < 4.78 is 27.0. The molecule has 1 aromatic carbocycles. The standard InChI is InChI=1S/C18H27N5O6S/c1-12-3-5-14(6-4-12)30(28,29)22-10-7-15(23-13(2)24)18(27)20-9-8-17(26)21-11-16(19)25/h3-6,15,22H,7-11H2,1-2H3,(H2,19,25)(H,20,27)(H,21,26)(H,23,24)/t15-/m0/s1. The number of carbonyl (C=O) groups excluding carboxylic acids is 4. The van der Waals surface area contributed by atoms with Crippen molar-refractivity contribution < 1.29 is 27.6 Å². The molecule has 0 aliphatic carbocycles. The highest BCUT2D eigenvalue weighted by Gasteiger charge is 2.21. The smallest absolute Gasteiger partial charge is 0.242 e. The molecule has 0 bridgehead atoms. The molecule has 12 heteroatoms. The molecule has 1 rings (SSSR count). The third-order valence-electron chi connectivity index (χ3n) is 3.86. The summed E-state index contributed by atoms with van der Waals surface area (Å²) in [5, 5.41) is 7.20. The van der Waals surface area contributed by atoms with Gasteiger partial charge in [-0.25, -0.2) is 13.1 Å². The second-order valence-corrected chi connectivity index (χ2v) is 8.30. The number of hydrogen-bond donors (Lipinski definition) is 5. The van der Waals surface area contributed by atoms with E-state index >= 15 is 0 Å². The quantitative estimate of drug-likeness (QED) is 0.257. The summed E-state index contributed by atoms with van der Waals surface area (Å²) in [5.41, 5.74) is 5.83. The molecule has 4 amide bonds. The van der Waals surface area contributed by atoms with Gasteiger partial charge in [-0.1, -0.05) is 17.7 Å². The van der Waals surface area contributed by atoms with Crippen LogP contribution >= 0.6 is 0 Å². The Bertz CT molecular complexity index is 870. The summed E-state index contributed by atoms with van der Waals surface area (Å²) in [6.07, 6.45) is -0.0871. The van der Waals surface area contributed by atoms with Crippen LogP contribution in [0.15, 0.2) is 29.2 Å². The molecule has 0 unspecified atom stereocenters. The average Bonchev–Trinajstić information content (AvgIpc) is 2.65. The van der Waals surface area contributed by atoms with Gasteiger partial charge in [0.25, 0.3) is 0 Å². The second kappa shape index (κ2) is 11.9. The van der Waals surface area contributed by atoms with Gasteiger partial charge in [-0.05, 0) is 25.5 Å². The fourth-order valence-corrected chi connectivity index (χ4v) is 3.40. The van der Waals surface area contributed by atoms with Crippen LogP contribution in [-0.4, -0.2) is 57.7 Å². The minimum absolute atomic E-state index is 0.00434. The zero-order valence-electron chi connectivity index (χ0n) is 16.9. The van der Waals surface area contributed by atoms with E-state index in [0.29, 0.717) is 0 Å². The van der Waals surface area contributed by atoms with Crippen LogP contribution in [0.1, 0.15) is 25.3 Å². The SMILES string of the molecule is CC(=O)N[C@@H](CCNS(=O)(=O)c1ccc(C)cc1)C(=O)NCCC(=O)NCC(N)=O. The van der Waals surface area contributed by atoms with Crippen molar-refractivity contribution in [1.82, 2.24) is 20.7 Å². The first kappa shape index (κ1) is 25.0. The lowest BCUT2D eigenvalue weighted by Gasteiger charge is -2.18. The maximum atomic E-state index is 12.3. The number of primary amides is 1. The predicted molar refractivity (Wildman–Crippen MR) is 108 cm³/mol. The highest BCUT2D eigenvalue weighted by molar-refractivity contribution is 7.89. The van der Waals surface area contributed by atoms with Crippen LogP contribution in [0, 0.1) is 6.92 Å². The van der Waals surface area contributed by atoms with E-state index in [1.807, 2.05) is 6.92 Å². The zero-order valence-corrected chi connectivity index (χ0v) is 17.7. The minimum Gasteiger partial charge on any atom is -0.368 e. The molecule has 0 radical (unpaired) electrons. The van der Waals surface area contributed by atoms with E-state index in [0.717, 1.165) is 5.56 Å². The summed E-state index contributed by atoms with van der Waals surface area (Å²) in [6.45, 7) is 2.64. The van der Waals surface area contributed by atoms with Crippen LogP contribution in [-0.2, 0) is 29.2 Å². The fourth-order valence-electron chi connectivity index (χ4n) is 2.35. The van der Waals surface area contributed by atoms with Gasteiger partial charge in [0.15, 0.2) is 0 Å². The molecule has 1 aromatic rings. The molecule has 0 spiro atoms.